The Balaban J connectivity index is 3.13. The smallest absolute Gasteiger partial charge is 0.304 e. The summed E-state index contributed by atoms with van der Waals surface area (Å²) >= 11 is 0. The zero-order valence-electron chi connectivity index (χ0n) is 10.9. The van der Waals surface area contributed by atoms with Crippen molar-refractivity contribution < 1.29 is 27.1 Å². The van der Waals surface area contributed by atoms with E-state index in [4.69, 9.17) is 5.11 Å². The Morgan fingerprint density at radius 2 is 1.80 bits per heavy atom. The predicted octanol–water partition coefficient (Wildman–Crippen LogP) is 1.74. The molecule has 0 amide bonds. The van der Waals surface area contributed by atoms with Crippen molar-refractivity contribution in [1.82, 2.24) is 4.72 Å². The Hall–Kier alpha value is -1.54. The van der Waals surface area contributed by atoms with Gasteiger partial charge in [-0.3, -0.25) is 4.79 Å². The molecule has 2 N–H and O–H groups in total. The number of aliphatic carboxylic acids is 1. The van der Waals surface area contributed by atoms with Gasteiger partial charge in [0.25, 0.3) is 0 Å². The molecule has 0 radical (unpaired) electrons. The summed E-state index contributed by atoms with van der Waals surface area (Å²) in [6.07, 6.45) is -0.479. The average Bonchev–Trinajstić information content (AvgIpc) is 2.26. The fourth-order valence-electron chi connectivity index (χ4n) is 1.60. The number of carboxylic acid groups (broad SMARTS) is 1. The van der Waals surface area contributed by atoms with Crippen molar-refractivity contribution in [3.05, 3.63) is 29.8 Å². The fourth-order valence-corrected chi connectivity index (χ4v) is 3.12. The molecular weight excluding hydrogens is 292 g/mol. The van der Waals surface area contributed by atoms with Gasteiger partial charge in [0.15, 0.2) is 4.90 Å². The first kappa shape index (κ1) is 16.5. The molecule has 20 heavy (non-hydrogen) atoms. The number of benzene rings is 1. The molecule has 0 heterocycles. The second-order valence-corrected chi connectivity index (χ2v) is 6.27. The first-order chi connectivity index (χ1) is 9.15. The monoisotopic (exact) mass is 307 g/mol. The van der Waals surface area contributed by atoms with Crippen molar-refractivity contribution in [3.63, 3.8) is 0 Å². The number of nitrogens with one attached hydrogen (secondary N) is 1. The molecule has 1 rings (SSSR count). The van der Waals surface area contributed by atoms with Gasteiger partial charge in [-0.2, -0.15) is 0 Å². The molecule has 0 spiro atoms. The largest absolute Gasteiger partial charge is 0.481 e. The Bertz CT molecular complexity index is 581. The summed E-state index contributed by atoms with van der Waals surface area (Å²) in [6, 6.07) is 1.72. The third-order valence-electron chi connectivity index (χ3n) is 2.69. The van der Waals surface area contributed by atoms with Gasteiger partial charge in [0.1, 0.15) is 11.6 Å². The lowest BCUT2D eigenvalue weighted by Gasteiger charge is -2.20. The highest BCUT2D eigenvalue weighted by molar-refractivity contribution is 7.89. The molecule has 1 aromatic carbocycles. The van der Waals surface area contributed by atoms with Crippen molar-refractivity contribution in [2.45, 2.75) is 31.2 Å². The summed E-state index contributed by atoms with van der Waals surface area (Å²) in [5, 5.41) is 8.73. The van der Waals surface area contributed by atoms with Crippen LogP contribution in [-0.2, 0) is 14.8 Å². The number of carbonyl (C=O) groups is 1. The SMILES string of the molecule is CC(C)C(CC(=O)O)NS(=O)(=O)c1c(F)cccc1F. The molecule has 0 aromatic heterocycles. The van der Waals surface area contributed by atoms with E-state index in [9.17, 15) is 22.0 Å². The van der Waals surface area contributed by atoms with E-state index in [1.807, 2.05) is 4.72 Å². The van der Waals surface area contributed by atoms with Crippen LogP contribution in [-0.4, -0.2) is 25.5 Å². The number of hydrogen-bond donors (Lipinski definition) is 2. The number of carboxylic acids is 1. The Morgan fingerprint density at radius 1 is 1.30 bits per heavy atom. The van der Waals surface area contributed by atoms with Gasteiger partial charge in [0.05, 0.1) is 6.42 Å². The summed E-state index contributed by atoms with van der Waals surface area (Å²) in [6.45, 7) is 3.21. The van der Waals surface area contributed by atoms with Crippen molar-refractivity contribution in [3.8, 4) is 0 Å². The van der Waals surface area contributed by atoms with Gasteiger partial charge in [0, 0.05) is 6.04 Å². The van der Waals surface area contributed by atoms with Crippen LogP contribution in [0.4, 0.5) is 8.78 Å². The van der Waals surface area contributed by atoms with Crippen LogP contribution in [0.2, 0.25) is 0 Å². The van der Waals surface area contributed by atoms with Gasteiger partial charge < -0.3 is 5.11 Å². The second kappa shape index (κ2) is 6.27. The van der Waals surface area contributed by atoms with E-state index in [-0.39, 0.29) is 5.92 Å². The fraction of sp³-hybridized carbons (Fsp3) is 0.417. The topological polar surface area (TPSA) is 83.5 Å². The maximum absolute atomic E-state index is 13.5. The molecule has 0 aliphatic heterocycles. The summed E-state index contributed by atoms with van der Waals surface area (Å²) in [5.41, 5.74) is 0. The van der Waals surface area contributed by atoms with Gasteiger partial charge in [-0.05, 0) is 18.1 Å². The molecule has 0 bridgehead atoms. The number of rotatable bonds is 6. The van der Waals surface area contributed by atoms with Crippen LogP contribution >= 0.6 is 0 Å². The molecule has 1 unspecified atom stereocenters. The van der Waals surface area contributed by atoms with E-state index in [1.54, 1.807) is 13.8 Å². The van der Waals surface area contributed by atoms with Gasteiger partial charge in [0.2, 0.25) is 10.0 Å². The molecule has 5 nitrogen and oxygen atoms in total. The predicted molar refractivity (Wildman–Crippen MR) is 67.6 cm³/mol. The van der Waals surface area contributed by atoms with Crippen molar-refractivity contribution in [1.29, 1.82) is 0 Å². The average molecular weight is 307 g/mol. The van der Waals surface area contributed by atoms with E-state index in [1.165, 1.54) is 0 Å². The molecule has 0 saturated carbocycles. The normalized spacial score (nSPS) is 13.4. The lowest BCUT2D eigenvalue weighted by atomic mass is 10.0. The van der Waals surface area contributed by atoms with Crippen LogP contribution in [0.1, 0.15) is 20.3 Å². The molecule has 112 valence electrons. The van der Waals surface area contributed by atoms with Crippen LogP contribution in [0.25, 0.3) is 0 Å². The zero-order chi connectivity index (χ0) is 15.5. The Morgan fingerprint density at radius 3 is 2.20 bits per heavy atom. The quantitative estimate of drug-likeness (QED) is 0.838. The van der Waals surface area contributed by atoms with Crippen LogP contribution in [0.3, 0.4) is 0 Å². The van der Waals surface area contributed by atoms with E-state index in [0.29, 0.717) is 0 Å². The third kappa shape index (κ3) is 3.97. The van der Waals surface area contributed by atoms with Gasteiger partial charge >= 0.3 is 5.97 Å². The van der Waals surface area contributed by atoms with Crippen LogP contribution in [0, 0.1) is 17.6 Å². The lowest BCUT2D eigenvalue weighted by molar-refractivity contribution is -0.137. The maximum atomic E-state index is 13.5. The molecule has 1 atom stereocenters. The van der Waals surface area contributed by atoms with E-state index in [0.717, 1.165) is 18.2 Å². The minimum absolute atomic E-state index is 0.351. The molecule has 0 aliphatic carbocycles. The number of sulfonamides is 1. The molecular formula is C12H15F2NO4S. The summed E-state index contributed by atoms with van der Waals surface area (Å²) in [5.74, 6) is -4.01. The van der Waals surface area contributed by atoms with Gasteiger partial charge in [-0.25, -0.2) is 21.9 Å². The molecule has 1 aromatic rings. The Kier molecular flexibility index (Phi) is 5.18. The standard InChI is InChI=1S/C12H15F2NO4S/c1-7(2)10(6-11(16)17)15-20(18,19)12-8(13)4-3-5-9(12)14/h3-5,7,10,15H,6H2,1-2H3,(H,16,17). The molecule has 0 fully saturated rings. The first-order valence-electron chi connectivity index (χ1n) is 5.83. The Labute approximate surface area is 115 Å². The first-order valence-corrected chi connectivity index (χ1v) is 7.31. The van der Waals surface area contributed by atoms with Crippen molar-refractivity contribution in [2.24, 2.45) is 5.92 Å². The highest BCUT2D eigenvalue weighted by atomic mass is 32.2. The molecule has 8 heteroatoms. The second-order valence-electron chi connectivity index (χ2n) is 4.62. The van der Waals surface area contributed by atoms with Crippen molar-refractivity contribution in [2.75, 3.05) is 0 Å². The van der Waals surface area contributed by atoms with Crippen LogP contribution in [0.5, 0.6) is 0 Å². The summed E-state index contributed by atoms with van der Waals surface area (Å²) < 4.78 is 53.0. The van der Waals surface area contributed by atoms with Crippen LogP contribution in [0.15, 0.2) is 23.1 Å². The summed E-state index contributed by atoms with van der Waals surface area (Å²) in [7, 11) is -4.47. The molecule has 0 saturated heterocycles. The summed E-state index contributed by atoms with van der Waals surface area (Å²) in [4.78, 5) is 9.59. The minimum atomic E-state index is -4.47. The highest BCUT2D eigenvalue weighted by Crippen LogP contribution is 2.20. The van der Waals surface area contributed by atoms with Gasteiger partial charge in [-0.1, -0.05) is 19.9 Å². The minimum Gasteiger partial charge on any atom is -0.481 e. The number of halogens is 2. The maximum Gasteiger partial charge on any atom is 0.304 e. The van der Waals surface area contributed by atoms with Crippen LogP contribution < -0.4 is 4.72 Å². The molecule has 0 aliphatic rings. The third-order valence-corrected chi connectivity index (χ3v) is 4.23. The zero-order valence-corrected chi connectivity index (χ0v) is 11.7. The number of hydrogen-bond acceptors (Lipinski definition) is 3. The van der Waals surface area contributed by atoms with Crippen molar-refractivity contribution >= 4 is 16.0 Å². The van der Waals surface area contributed by atoms with E-state index in [2.05, 4.69) is 0 Å². The lowest BCUT2D eigenvalue weighted by Crippen LogP contribution is -2.40. The van der Waals surface area contributed by atoms with Gasteiger partial charge in [-0.15, -0.1) is 0 Å². The van der Waals surface area contributed by atoms with E-state index >= 15 is 0 Å². The highest BCUT2D eigenvalue weighted by Gasteiger charge is 2.29. The van der Waals surface area contributed by atoms with E-state index < -0.39 is 45.0 Å².